The van der Waals surface area contributed by atoms with Crippen LogP contribution in [0, 0.1) is 5.92 Å². The number of aliphatic hydroxyl groups is 1. The van der Waals surface area contributed by atoms with Crippen molar-refractivity contribution in [2.24, 2.45) is 11.7 Å². The molecule has 2 atom stereocenters. The van der Waals surface area contributed by atoms with E-state index in [1.807, 2.05) is 0 Å². The lowest BCUT2D eigenvalue weighted by molar-refractivity contribution is 0.245. The maximum Gasteiger partial charge on any atom is 0.0637 e. The van der Waals surface area contributed by atoms with E-state index < -0.39 is 0 Å². The molecule has 2 unspecified atom stereocenters. The van der Waals surface area contributed by atoms with Gasteiger partial charge in [-0.3, -0.25) is 0 Å². The summed E-state index contributed by atoms with van der Waals surface area (Å²) in [6, 6.07) is 12.9. The summed E-state index contributed by atoms with van der Waals surface area (Å²) in [5.41, 5.74) is 8.24. The second-order valence-corrected chi connectivity index (χ2v) is 5.70. The first kappa shape index (κ1) is 13.4. The second-order valence-electron chi connectivity index (χ2n) is 5.70. The molecule has 0 radical (unpaired) electrons. The number of rotatable bonds is 3. The van der Waals surface area contributed by atoms with Gasteiger partial charge >= 0.3 is 0 Å². The fourth-order valence-corrected chi connectivity index (χ4v) is 3.36. The maximum atomic E-state index is 9.68. The third kappa shape index (κ3) is 2.07. The predicted molar refractivity (Wildman–Crippen MR) is 83.8 cm³/mol. The number of hydrogen-bond donors (Lipinski definition) is 2. The summed E-state index contributed by atoms with van der Waals surface area (Å²) in [5, 5.41) is 12.1. The van der Waals surface area contributed by atoms with Gasteiger partial charge in [0.15, 0.2) is 0 Å². The monoisotopic (exact) mass is 270 g/mol. The Morgan fingerprint density at radius 3 is 2.65 bits per heavy atom. The highest BCUT2D eigenvalue weighted by molar-refractivity contribution is 5.96. The summed E-state index contributed by atoms with van der Waals surface area (Å²) in [6.45, 7) is 4.00. The standard InChI is InChI=1S/C17H22N2O/c1-12-8-9-19(17(12)11-20)16-7-6-13(10-18)14-4-2-3-5-15(14)16/h2-7,12,17,20H,8-11,18H2,1H3. The Balaban J connectivity index is 2.13. The molecule has 1 aliphatic rings. The fourth-order valence-electron chi connectivity index (χ4n) is 3.36. The van der Waals surface area contributed by atoms with Crippen LogP contribution in [0.5, 0.6) is 0 Å². The lowest BCUT2D eigenvalue weighted by atomic mass is 10.0. The lowest BCUT2D eigenvalue weighted by Gasteiger charge is -2.29. The summed E-state index contributed by atoms with van der Waals surface area (Å²) in [7, 11) is 0. The highest BCUT2D eigenvalue weighted by Crippen LogP contribution is 2.35. The number of aliphatic hydroxyl groups excluding tert-OH is 1. The Bertz CT molecular complexity index is 611. The summed E-state index contributed by atoms with van der Waals surface area (Å²) >= 11 is 0. The van der Waals surface area contributed by atoms with Crippen LogP contribution in [0.4, 0.5) is 5.69 Å². The molecule has 1 fully saturated rings. The van der Waals surface area contributed by atoms with Gasteiger partial charge in [0.1, 0.15) is 0 Å². The topological polar surface area (TPSA) is 49.5 Å². The van der Waals surface area contributed by atoms with Crippen LogP contribution in [-0.4, -0.2) is 24.3 Å². The smallest absolute Gasteiger partial charge is 0.0637 e. The van der Waals surface area contributed by atoms with Crippen LogP contribution < -0.4 is 10.6 Å². The summed E-state index contributed by atoms with van der Waals surface area (Å²) in [6.07, 6.45) is 1.14. The molecular formula is C17H22N2O. The van der Waals surface area contributed by atoms with Crippen LogP contribution in [0.1, 0.15) is 18.9 Å². The van der Waals surface area contributed by atoms with E-state index in [-0.39, 0.29) is 12.6 Å². The molecule has 20 heavy (non-hydrogen) atoms. The number of hydrogen-bond acceptors (Lipinski definition) is 3. The Kier molecular flexibility index (Phi) is 3.64. The van der Waals surface area contributed by atoms with Crippen molar-refractivity contribution >= 4 is 16.5 Å². The minimum absolute atomic E-state index is 0.216. The van der Waals surface area contributed by atoms with Crippen molar-refractivity contribution in [2.75, 3.05) is 18.1 Å². The van der Waals surface area contributed by atoms with E-state index >= 15 is 0 Å². The molecule has 0 bridgehead atoms. The number of anilines is 1. The Morgan fingerprint density at radius 2 is 1.95 bits per heavy atom. The number of nitrogens with two attached hydrogens (primary N) is 1. The molecule has 1 saturated heterocycles. The molecule has 3 heteroatoms. The number of nitrogens with zero attached hydrogens (tertiary/aromatic N) is 1. The molecule has 0 aromatic heterocycles. The molecular weight excluding hydrogens is 248 g/mol. The molecule has 2 aromatic rings. The third-order valence-electron chi connectivity index (χ3n) is 4.59. The van der Waals surface area contributed by atoms with E-state index in [1.54, 1.807) is 0 Å². The first-order chi connectivity index (χ1) is 9.76. The van der Waals surface area contributed by atoms with Gasteiger partial charge in [0.05, 0.1) is 12.6 Å². The van der Waals surface area contributed by atoms with Crippen LogP contribution in [0.15, 0.2) is 36.4 Å². The zero-order chi connectivity index (χ0) is 14.1. The van der Waals surface area contributed by atoms with Gasteiger partial charge in [-0.05, 0) is 29.4 Å². The molecule has 3 nitrogen and oxygen atoms in total. The van der Waals surface area contributed by atoms with E-state index in [0.29, 0.717) is 12.5 Å². The molecule has 0 amide bonds. The largest absolute Gasteiger partial charge is 0.394 e. The van der Waals surface area contributed by atoms with Gasteiger partial charge in [0, 0.05) is 24.2 Å². The van der Waals surface area contributed by atoms with Crippen molar-refractivity contribution < 1.29 is 5.11 Å². The third-order valence-corrected chi connectivity index (χ3v) is 4.59. The van der Waals surface area contributed by atoms with Crippen LogP contribution in [0.3, 0.4) is 0 Å². The molecule has 1 aliphatic heterocycles. The second kappa shape index (κ2) is 5.43. The first-order valence-electron chi connectivity index (χ1n) is 7.34. The quantitative estimate of drug-likeness (QED) is 0.901. The fraction of sp³-hybridized carbons (Fsp3) is 0.412. The average Bonchev–Trinajstić information content (AvgIpc) is 2.86. The Morgan fingerprint density at radius 1 is 1.20 bits per heavy atom. The lowest BCUT2D eigenvalue weighted by Crippen LogP contribution is -2.35. The minimum Gasteiger partial charge on any atom is -0.394 e. The van der Waals surface area contributed by atoms with Crippen molar-refractivity contribution in [3.63, 3.8) is 0 Å². The van der Waals surface area contributed by atoms with Crippen molar-refractivity contribution in [3.05, 3.63) is 42.0 Å². The van der Waals surface area contributed by atoms with Crippen molar-refractivity contribution in [1.29, 1.82) is 0 Å². The van der Waals surface area contributed by atoms with E-state index in [9.17, 15) is 5.11 Å². The highest BCUT2D eigenvalue weighted by atomic mass is 16.3. The van der Waals surface area contributed by atoms with Gasteiger partial charge in [0.2, 0.25) is 0 Å². The first-order valence-corrected chi connectivity index (χ1v) is 7.34. The zero-order valence-electron chi connectivity index (χ0n) is 11.9. The van der Waals surface area contributed by atoms with Crippen LogP contribution >= 0.6 is 0 Å². The van der Waals surface area contributed by atoms with Gasteiger partial charge in [-0.1, -0.05) is 37.3 Å². The van der Waals surface area contributed by atoms with E-state index in [0.717, 1.165) is 13.0 Å². The molecule has 3 N–H and O–H groups in total. The number of benzene rings is 2. The van der Waals surface area contributed by atoms with Crippen LogP contribution in [0.2, 0.25) is 0 Å². The van der Waals surface area contributed by atoms with Crippen molar-refractivity contribution in [3.8, 4) is 0 Å². The van der Waals surface area contributed by atoms with Gasteiger partial charge < -0.3 is 15.7 Å². The van der Waals surface area contributed by atoms with Gasteiger partial charge in [-0.25, -0.2) is 0 Å². The van der Waals surface area contributed by atoms with Gasteiger partial charge in [-0.15, -0.1) is 0 Å². The Hall–Kier alpha value is -1.58. The SMILES string of the molecule is CC1CCN(c2ccc(CN)c3ccccc23)C1CO. The average molecular weight is 270 g/mol. The Labute approximate surface area is 120 Å². The summed E-state index contributed by atoms with van der Waals surface area (Å²) in [5.74, 6) is 0.535. The minimum atomic E-state index is 0.216. The highest BCUT2D eigenvalue weighted by Gasteiger charge is 2.31. The van der Waals surface area contributed by atoms with Crippen LogP contribution in [0.25, 0.3) is 10.8 Å². The van der Waals surface area contributed by atoms with Crippen molar-refractivity contribution in [2.45, 2.75) is 25.9 Å². The maximum absolute atomic E-state index is 9.68. The summed E-state index contributed by atoms with van der Waals surface area (Å²) in [4.78, 5) is 2.35. The van der Waals surface area contributed by atoms with E-state index in [4.69, 9.17) is 5.73 Å². The molecule has 2 aromatic carbocycles. The molecule has 3 rings (SSSR count). The molecule has 1 heterocycles. The molecule has 106 valence electrons. The van der Waals surface area contributed by atoms with E-state index in [1.165, 1.54) is 22.0 Å². The summed E-state index contributed by atoms with van der Waals surface area (Å²) < 4.78 is 0. The van der Waals surface area contributed by atoms with Crippen LogP contribution in [-0.2, 0) is 6.54 Å². The van der Waals surface area contributed by atoms with E-state index in [2.05, 4.69) is 48.2 Å². The molecule has 0 saturated carbocycles. The zero-order valence-corrected chi connectivity index (χ0v) is 11.9. The molecule has 0 spiro atoms. The molecule has 0 aliphatic carbocycles. The predicted octanol–water partition coefficient (Wildman–Crippen LogP) is 2.51. The van der Waals surface area contributed by atoms with Crippen molar-refractivity contribution in [1.82, 2.24) is 0 Å². The number of fused-ring (bicyclic) bond motifs is 1. The van der Waals surface area contributed by atoms with Gasteiger partial charge in [0.25, 0.3) is 0 Å². The van der Waals surface area contributed by atoms with Gasteiger partial charge in [-0.2, -0.15) is 0 Å². The normalized spacial score (nSPS) is 22.6.